The van der Waals surface area contributed by atoms with E-state index < -0.39 is 5.41 Å². The highest BCUT2D eigenvalue weighted by Crippen LogP contribution is 2.29. The second-order valence-electron chi connectivity index (χ2n) is 5.21. The van der Waals surface area contributed by atoms with E-state index in [1.165, 1.54) is 0 Å². The summed E-state index contributed by atoms with van der Waals surface area (Å²) in [5, 5.41) is 5.39. The zero-order valence-corrected chi connectivity index (χ0v) is 11.5. The Morgan fingerprint density at radius 3 is 2.94 bits per heavy atom. The van der Waals surface area contributed by atoms with Crippen LogP contribution in [0.2, 0.25) is 0 Å². The van der Waals surface area contributed by atoms with Gasteiger partial charge in [0.25, 0.3) is 0 Å². The Hall–Kier alpha value is -0.870. The lowest BCUT2D eigenvalue weighted by atomic mass is 9.89. The topological polar surface area (TPSA) is 32.3 Å². The maximum atomic E-state index is 12.6. The lowest BCUT2D eigenvalue weighted by Gasteiger charge is -2.36. The molecule has 1 unspecified atom stereocenters. The van der Waals surface area contributed by atoms with Gasteiger partial charge in [-0.05, 0) is 32.2 Å². The van der Waals surface area contributed by atoms with Gasteiger partial charge in [0.05, 0.1) is 5.41 Å². The Labute approximate surface area is 107 Å². The van der Waals surface area contributed by atoms with Crippen LogP contribution in [0.25, 0.3) is 0 Å². The summed E-state index contributed by atoms with van der Waals surface area (Å²) in [6, 6.07) is 4.45. The van der Waals surface area contributed by atoms with Crippen molar-refractivity contribution in [2.75, 3.05) is 19.6 Å². The molecule has 1 N–H and O–H groups in total. The van der Waals surface area contributed by atoms with Crippen LogP contribution in [0.4, 0.5) is 0 Å². The minimum atomic E-state index is -0.398. The van der Waals surface area contributed by atoms with Crippen LogP contribution in [0.1, 0.15) is 25.6 Å². The molecular formula is C13H20N2OS. The maximum Gasteiger partial charge on any atom is 0.233 e. The Morgan fingerprint density at radius 1 is 1.59 bits per heavy atom. The third kappa shape index (κ3) is 2.53. The van der Waals surface area contributed by atoms with Gasteiger partial charge >= 0.3 is 0 Å². The van der Waals surface area contributed by atoms with Gasteiger partial charge in [-0.3, -0.25) is 4.79 Å². The fraction of sp³-hybridized carbons (Fsp3) is 0.615. The van der Waals surface area contributed by atoms with Crippen molar-refractivity contribution in [1.82, 2.24) is 10.2 Å². The summed E-state index contributed by atoms with van der Waals surface area (Å²) in [6.45, 7) is 8.69. The molecule has 0 radical (unpaired) electrons. The first-order valence-electron chi connectivity index (χ1n) is 6.08. The van der Waals surface area contributed by atoms with Crippen molar-refractivity contribution in [3.63, 3.8) is 0 Å². The van der Waals surface area contributed by atoms with E-state index in [2.05, 4.69) is 12.2 Å². The van der Waals surface area contributed by atoms with E-state index in [1.807, 2.05) is 36.3 Å². The van der Waals surface area contributed by atoms with Crippen LogP contribution < -0.4 is 5.32 Å². The molecule has 1 aliphatic rings. The molecule has 1 aromatic rings. The minimum absolute atomic E-state index is 0.244. The number of nitrogens with zero attached hydrogens (tertiary/aromatic N) is 1. The predicted molar refractivity (Wildman–Crippen MR) is 71.4 cm³/mol. The zero-order chi connectivity index (χ0) is 12.5. The average Bonchev–Trinajstić information content (AvgIpc) is 2.82. The maximum absolute atomic E-state index is 12.6. The molecule has 94 valence electrons. The summed E-state index contributed by atoms with van der Waals surface area (Å²) in [4.78, 5) is 15.7. The molecule has 0 bridgehead atoms. The van der Waals surface area contributed by atoms with Crippen LogP contribution in [0.3, 0.4) is 0 Å². The van der Waals surface area contributed by atoms with Crippen LogP contribution in [0.15, 0.2) is 17.5 Å². The number of rotatable bonds is 2. The quantitative estimate of drug-likeness (QED) is 0.871. The number of thiophene rings is 1. The zero-order valence-electron chi connectivity index (χ0n) is 10.7. The first kappa shape index (κ1) is 12.6. The third-order valence-corrected chi connectivity index (χ3v) is 4.52. The standard InChI is InChI=1S/C13H20N2OS/c1-10-9-15(7-6-14-10)12(16)13(2,3)11-5-4-8-17-11/h4-5,8,10,14H,6-7,9H2,1-3H3. The van der Waals surface area contributed by atoms with E-state index >= 15 is 0 Å². The second-order valence-corrected chi connectivity index (χ2v) is 6.16. The number of piperazine rings is 1. The molecule has 1 saturated heterocycles. The van der Waals surface area contributed by atoms with E-state index in [9.17, 15) is 4.79 Å². The summed E-state index contributed by atoms with van der Waals surface area (Å²) in [6.07, 6.45) is 0. The Kier molecular flexibility index (Phi) is 3.54. The van der Waals surface area contributed by atoms with Gasteiger partial charge in [-0.1, -0.05) is 6.07 Å². The van der Waals surface area contributed by atoms with Crippen molar-refractivity contribution < 1.29 is 4.79 Å². The van der Waals surface area contributed by atoms with Crippen molar-refractivity contribution >= 4 is 17.2 Å². The molecule has 17 heavy (non-hydrogen) atoms. The van der Waals surface area contributed by atoms with E-state index in [0.29, 0.717) is 6.04 Å². The SMILES string of the molecule is CC1CN(C(=O)C(C)(C)c2cccs2)CCN1. The predicted octanol–water partition coefficient (Wildman–Crippen LogP) is 1.85. The van der Waals surface area contributed by atoms with Crippen LogP contribution in [0.5, 0.6) is 0 Å². The summed E-state index contributed by atoms with van der Waals surface area (Å²) in [5.74, 6) is 0.244. The van der Waals surface area contributed by atoms with E-state index in [0.717, 1.165) is 24.5 Å². The van der Waals surface area contributed by atoms with Crippen LogP contribution in [-0.2, 0) is 10.2 Å². The first-order chi connectivity index (χ1) is 8.01. The molecule has 1 aliphatic heterocycles. The van der Waals surface area contributed by atoms with Gasteiger partial charge < -0.3 is 10.2 Å². The first-order valence-corrected chi connectivity index (χ1v) is 6.96. The number of nitrogens with one attached hydrogen (secondary N) is 1. The number of carbonyl (C=O) groups is 1. The Bertz CT molecular complexity index is 386. The average molecular weight is 252 g/mol. The number of amides is 1. The van der Waals surface area contributed by atoms with Crippen molar-refractivity contribution in [2.45, 2.75) is 32.2 Å². The Morgan fingerprint density at radius 2 is 2.35 bits per heavy atom. The molecule has 0 aliphatic carbocycles. The van der Waals surface area contributed by atoms with Gasteiger partial charge in [0.15, 0.2) is 0 Å². The van der Waals surface area contributed by atoms with Gasteiger partial charge in [0.1, 0.15) is 0 Å². The lowest BCUT2D eigenvalue weighted by Crippen LogP contribution is -2.55. The fourth-order valence-electron chi connectivity index (χ4n) is 2.25. The minimum Gasteiger partial charge on any atom is -0.339 e. The van der Waals surface area contributed by atoms with E-state index in [4.69, 9.17) is 0 Å². The van der Waals surface area contributed by atoms with Crippen molar-refractivity contribution in [1.29, 1.82) is 0 Å². The lowest BCUT2D eigenvalue weighted by molar-refractivity contribution is -0.137. The molecule has 2 rings (SSSR count). The van der Waals surface area contributed by atoms with E-state index in [1.54, 1.807) is 11.3 Å². The molecule has 0 aromatic carbocycles. The summed E-state index contributed by atoms with van der Waals surface area (Å²) in [5.41, 5.74) is -0.398. The van der Waals surface area contributed by atoms with Crippen LogP contribution in [0, 0.1) is 0 Å². The molecule has 1 atom stereocenters. The smallest absolute Gasteiger partial charge is 0.233 e. The molecule has 0 spiro atoms. The second kappa shape index (κ2) is 4.78. The number of carbonyl (C=O) groups excluding carboxylic acids is 1. The molecule has 4 heteroatoms. The molecule has 1 amide bonds. The third-order valence-electron chi connectivity index (χ3n) is 3.33. The number of hydrogen-bond acceptors (Lipinski definition) is 3. The largest absolute Gasteiger partial charge is 0.339 e. The van der Waals surface area contributed by atoms with Crippen molar-refractivity contribution in [3.05, 3.63) is 22.4 Å². The van der Waals surface area contributed by atoms with E-state index in [-0.39, 0.29) is 5.91 Å². The van der Waals surface area contributed by atoms with Gasteiger partial charge in [-0.25, -0.2) is 0 Å². The summed E-state index contributed by atoms with van der Waals surface area (Å²) in [7, 11) is 0. The van der Waals surface area contributed by atoms with Gasteiger partial charge in [-0.2, -0.15) is 0 Å². The molecule has 0 saturated carbocycles. The van der Waals surface area contributed by atoms with Crippen LogP contribution >= 0.6 is 11.3 Å². The summed E-state index contributed by atoms with van der Waals surface area (Å²) >= 11 is 1.66. The van der Waals surface area contributed by atoms with Gasteiger partial charge in [-0.15, -0.1) is 11.3 Å². The monoisotopic (exact) mass is 252 g/mol. The van der Waals surface area contributed by atoms with Gasteiger partial charge in [0, 0.05) is 30.6 Å². The van der Waals surface area contributed by atoms with Crippen molar-refractivity contribution in [3.8, 4) is 0 Å². The molecule has 2 heterocycles. The van der Waals surface area contributed by atoms with Crippen molar-refractivity contribution in [2.24, 2.45) is 0 Å². The highest BCUT2D eigenvalue weighted by molar-refractivity contribution is 7.10. The molecule has 1 fully saturated rings. The molecule has 1 aromatic heterocycles. The highest BCUT2D eigenvalue weighted by Gasteiger charge is 2.35. The fourth-order valence-corrected chi connectivity index (χ4v) is 3.09. The van der Waals surface area contributed by atoms with Crippen LogP contribution in [-0.4, -0.2) is 36.5 Å². The normalized spacial score (nSPS) is 21.6. The van der Waals surface area contributed by atoms with Gasteiger partial charge in [0.2, 0.25) is 5.91 Å². The number of hydrogen-bond donors (Lipinski definition) is 1. The highest BCUT2D eigenvalue weighted by atomic mass is 32.1. The Balaban J connectivity index is 2.13. The summed E-state index contributed by atoms with van der Waals surface area (Å²) < 4.78 is 0. The molecular weight excluding hydrogens is 232 g/mol. The molecule has 3 nitrogen and oxygen atoms in total.